The fraction of sp³-hybridized carbons (Fsp3) is 0.143. The summed E-state index contributed by atoms with van der Waals surface area (Å²) < 4.78 is 38.4. The van der Waals surface area contributed by atoms with Gasteiger partial charge >= 0.3 is 6.18 Å². The van der Waals surface area contributed by atoms with Crippen LogP contribution in [0.1, 0.15) is 21.5 Å². The highest BCUT2D eigenvalue weighted by atomic mass is 32.2. The molecule has 0 amide bonds. The summed E-state index contributed by atoms with van der Waals surface area (Å²) in [7, 11) is 0. The van der Waals surface area contributed by atoms with Gasteiger partial charge in [-0.1, -0.05) is 29.8 Å². The number of benzene rings is 1. The Hall–Kier alpha value is -1.82. The van der Waals surface area contributed by atoms with Gasteiger partial charge < -0.3 is 0 Å². The van der Waals surface area contributed by atoms with Crippen LogP contribution in [0.5, 0.6) is 0 Å². The number of aryl methyl sites for hydroxylation is 1. The molecule has 0 bridgehead atoms. The van der Waals surface area contributed by atoms with Crippen molar-refractivity contribution < 1.29 is 18.0 Å². The molecule has 1 heterocycles. The minimum absolute atomic E-state index is 0.328. The van der Waals surface area contributed by atoms with Crippen LogP contribution in [0.15, 0.2) is 47.6 Å². The summed E-state index contributed by atoms with van der Waals surface area (Å²) in [5.74, 6) is 0. The van der Waals surface area contributed by atoms with Gasteiger partial charge in [0.2, 0.25) is 5.12 Å². The molecule has 104 valence electrons. The largest absolute Gasteiger partial charge is 0.419 e. The Labute approximate surface area is 118 Å². The van der Waals surface area contributed by atoms with Crippen molar-refractivity contribution in [2.24, 2.45) is 0 Å². The zero-order valence-electron chi connectivity index (χ0n) is 10.4. The number of rotatable bonds is 2. The monoisotopic (exact) mass is 297 g/mol. The normalized spacial score (nSPS) is 11.4. The number of nitrogens with zero attached hydrogens (tertiary/aromatic N) is 1. The summed E-state index contributed by atoms with van der Waals surface area (Å²) in [6.45, 7) is 1.86. The van der Waals surface area contributed by atoms with Crippen LogP contribution in [-0.4, -0.2) is 10.1 Å². The first-order chi connectivity index (χ1) is 9.38. The van der Waals surface area contributed by atoms with Crippen LogP contribution < -0.4 is 0 Å². The van der Waals surface area contributed by atoms with Gasteiger partial charge in [0, 0.05) is 11.8 Å². The van der Waals surface area contributed by atoms with Crippen molar-refractivity contribution in [3.8, 4) is 0 Å². The van der Waals surface area contributed by atoms with E-state index in [1.54, 1.807) is 24.3 Å². The smallest absolute Gasteiger partial charge is 0.281 e. The number of aromatic nitrogens is 1. The number of pyridine rings is 1. The van der Waals surface area contributed by atoms with Gasteiger partial charge in [0.25, 0.3) is 0 Å². The van der Waals surface area contributed by atoms with Gasteiger partial charge in [-0.3, -0.25) is 4.79 Å². The fourth-order valence-electron chi connectivity index (χ4n) is 1.52. The van der Waals surface area contributed by atoms with Crippen LogP contribution >= 0.6 is 11.8 Å². The second-order valence-corrected chi connectivity index (χ2v) is 5.07. The topological polar surface area (TPSA) is 30.0 Å². The van der Waals surface area contributed by atoms with Crippen molar-refractivity contribution in [1.29, 1.82) is 0 Å². The van der Waals surface area contributed by atoms with Gasteiger partial charge in [0.05, 0.1) is 5.56 Å². The minimum atomic E-state index is -4.52. The van der Waals surface area contributed by atoms with E-state index in [-0.39, 0.29) is 5.03 Å². The van der Waals surface area contributed by atoms with E-state index in [1.165, 1.54) is 12.3 Å². The van der Waals surface area contributed by atoms with Gasteiger partial charge in [-0.05, 0) is 30.8 Å². The molecule has 0 aliphatic rings. The van der Waals surface area contributed by atoms with Crippen molar-refractivity contribution >= 4 is 16.9 Å². The maximum atomic E-state index is 12.8. The fourth-order valence-corrected chi connectivity index (χ4v) is 2.36. The zero-order valence-corrected chi connectivity index (χ0v) is 11.3. The standard InChI is InChI=1S/C14H10F3NOS/c1-9-4-6-10(7-5-9)13(19)20-12-11(14(15,16)17)3-2-8-18-12/h2-8H,1H3. The summed E-state index contributed by atoms with van der Waals surface area (Å²) in [6, 6.07) is 8.75. The first-order valence-electron chi connectivity index (χ1n) is 5.69. The zero-order chi connectivity index (χ0) is 14.8. The number of halogens is 3. The van der Waals surface area contributed by atoms with E-state index in [2.05, 4.69) is 4.98 Å². The third kappa shape index (κ3) is 3.39. The lowest BCUT2D eigenvalue weighted by Crippen LogP contribution is -2.08. The van der Waals surface area contributed by atoms with Crippen molar-refractivity contribution in [2.75, 3.05) is 0 Å². The third-order valence-electron chi connectivity index (χ3n) is 2.55. The molecule has 0 unspecified atom stereocenters. The SMILES string of the molecule is Cc1ccc(C(=O)Sc2ncccc2C(F)(F)F)cc1. The maximum Gasteiger partial charge on any atom is 0.419 e. The third-order valence-corrected chi connectivity index (χ3v) is 3.49. The van der Waals surface area contributed by atoms with Crippen LogP contribution in [0, 0.1) is 6.92 Å². The summed E-state index contributed by atoms with van der Waals surface area (Å²) >= 11 is 0.486. The first-order valence-corrected chi connectivity index (χ1v) is 6.50. The van der Waals surface area contributed by atoms with Gasteiger partial charge in [-0.2, -0.15) is 13.2 Å². The molecule has 0 N–H and O–H groups in total. The lowest BCUT2D eigenvalue weighted by molar-refractivity contribution is -0.140. The Bertz CT molecular complexity index is 623. The van der Waals surface area contributed by atoms with Crippen LogP contribution in [0.25, 0.3) is 0 Å². The number of hydrogen-bond acceptors (Lipinski definition) is 3. The molecule has 2 nitrogen and oxygen atoms in total. The summed E-state index contributed by atoms with van der Waals surface area (Å²) in [5, 5.41) is -0.792. The molecule has 6 heteroatoms. The molecule has 0 spiro atoms. The van der Waals surface area contributed by atoms with Gasteiger partial charge in [-0.25, -0.2) is 4.98 Å². The second kappa shape index (κ2) is 5.66. The van der Waals surface area contributed by atoms with E-state index in [9.17, 15) is 18.0 Å². The number of carbonyl (C=O) groups is 1. The lowest BCUT2D eigenvalue weighted by atomic mass is 10.2. The predicted molar refractivity (Wildman–Crippen MR) is 70.6 cm³/mol. The second-order valence-electron chi connectivity index (χ2n) is 4.11. The Morgan fingerprint density at radius 1 is 1.15 bits per heavy atom. The van der Waals surface area contributed by atoms with Crippen LogP contribution in [0.2, 0.25) is 0 Å². The van der Waals surface area contributed by atoms with E-state index in [0.29, 0.717) is 17.3 Å². The predicted octanol–water partition coefficient (Wildman–Crippen LogP) is 4.34. The Kier molecular flexibility index (Phi) is 4.13. The highest BCUT2D eigenvalue weighted by Crippen LogP contribution is 2.36. The van der Waals surface area contributed by atoms with E-state index < -0.39 is 16.9 Å². The molecule has 0 fully saturated rings. The molecule has 0 atom stereocenters. The summed E-state index contributed by atoms with van der Waals surface area (Å²) in [6.07, 6.45) is -3.29. The molecule has 0 saturated carbocycles. The van der Waals surface area contributed by atoms with Gasteiger partial charge in [0.15, 0.2) is 0 Å². The molecule has 0 radical (unpaired) electrons. The first kappa shape index (κ1) is 14.6. The van der Waals surface area contributed by atoms with Crippen LogP contribution in [0.4, 0.5) is 13.2 Å². The van der Waals surface area contributed by atoms with Gasteiger partial charge in [0.1, 0.15) is 5.03 Å². The molecule has 0 aliphatic heterocycles. The molecule has 0 saturated heterocycles. The lowest BCUT2D eigenvalue weighted by Gasteiger charge is -2.10. The van der Waals surface area contributed by atoms with Crippen molar-refractivity contribution in [1.82, 2.24) is 4.98 Å². The molecule has 20 heavy (non-hydrogen) atoms. The van der Waals surface area contributed by atoms with Crippen molar-refractivity contribution in [3.63, 3.8) is 0 Å². The van der Waals surface area contributed by atoms with Crippen molar-refractivity contribution in [2.45, 2.75) is 18.1 Å². The van der Waals surface area contributed by atoms with Crippen LogP contribution in [-0.2, 0) is 6.18 Å². The Balaban J connectivity index is 2.26. The van der Waals surface area contributed by atoms with Crippen LogP contribution in [0.3, 0.4) is 0 Å². The maximum absolute atomic E-state index is 12.8. The van der Waals surface area contributed by atoms with Crippen molar-refractivity contribution in [3.05, 3.63) is 59.3 Å². The summed E-state index contributed by atoms with van der Waals surface area (Å²) in [5.41, 5.74) is 0.421. The number of hydrogen-bond donors (Lipinski definition) is 0. The van der Waals surface area contributed by atoms with E-state index >= 15 is 0 Å². The van der Waals surface area contributed by atoms with E-state index in [1.807, 2.05) is 6.92 Å². The molecule has 1 aromatic heterocycles. The minimum Gasteiger partial charge on any atom is -0.281 e. The number of thioether (sulfide) groups is 1. The average Bonchev–Trinajstić information content (AvgIpc) is 2.38. The molecular formula is C14H10F3NOS. The summed E-state index contributed by atoms with van der Waals surface area (Å²) in [4.78, 5) is 15.6. The molecule has 1 aromatic carbocycles. The van der Waals surface area contributed by atoms with E-state index in [0.717, 1.165) is 11.6 Å². The number of carbonyl (C=O) groups excluding carboxylic acids is 1. The Morgan fingerprint density at radius 3 is 2.40 bits per heavy atom. The molecule has 2 rings (SSSR count). The average molecular weight is 297 g/mol. The highest BCUT2D eigenvalue weighted by Gasteiger charge is 2.34. The van der Waals surface area contributed by atoms with E-state index in [4.69, 9.17) is 0 Å². The Morgan fingerprint density at radius 2 is 1.80 bits per heavy atom. The number of alkyl halides is 3. The quantitative estimate of drug-likeness (QED) is 0.772. The highest BCUT2D eigenvalue weighted by molar-refractivity contribution is 8.14. The molecule has 2 aromatic rings. The molecular weight excluding hydrogens is 287 g/mol. The molecule has 0 aliphatic carbocycles. The van der Waals surface area contributed by atoms with Gasteiger partial charge in [-0.15, -0.1) is 0 Å².